The number of carbonyl (C=O) groups is 2. The molecule has 0 radical (unpaired) electrons. The minimum atomic E-state index is -0.500. The lowest BCUT2D eigenvalue weighted by atomic mass is 10.2. The Labute approximate surface area is 134 Å². The molecule has 0 fully saturated rings. The lowest BCUT2D eigenvalue weighted by molar-refractivity contribution is -0.130. The second-order valence-electron chi connectivity index (χ2n) is 4.81. The maximum Gasteiger partial charge on any atom is 0.338 e. The molecule has 0 saturated heterocycles. The summed E-state index contributed by atoms with van der Waals surface area (Å²) in [6.07, 6.45) is 3.02. The molecule has 0 bridgehead atoms. The molecule has 4 heteroatoms. The van der Waals surface area contributed by atoms with Crippen LogP contribution < -0.4 is 9.47 Å². The summed E-state index contributed by atoms with van der Waals surface area (Å²) in [5.74, 6) is -0.262. The van der Waals surface area contributed by atoms with Crippen molar-refractivity contribution < 1.29 is 19.1 Å². The first kappa shape index (κ1) is 16.2. The van der Waals surface area contributed by atoms with Crippen molar-refractivity contribution >= 4 is 18.0 Å². The van der Waals surface area contributed by atoms with Gasteiger partial charge in [-0.25, -0.2) is 9.59 Å². The van der Waals surface area contributed by atoms with Gasteiger partial charge in [0.2, 0.25) is 0 Å². The summed E-state index contributed by atoms with van der Waals surface area (Å²) in [5.41, 5.74) is 1.22. The summed E-state index contributed by atoms with van der Waals surface area (Å²) < 4.78 is 10.2. The van der Waals surface area contributed by atoms with Crippen molar-refractivity contribution in [2.75, 3.05) is 0 Å². The molecule has 2 rings (SSSR count). The molecule has 23 heavy (non-hydrogen) atoms. The Kier molecular flexibility index (Phi) is 5.47. The molecule has 2 aromatic carbocycles. The van der Waals surface area contributed by atoms with Crippen molar-refractivity contribution in [2.45, 2.75) is 6.92 Å². The molecule has 0 aliphatic rings. The van der Waals surface area contributed by atoms with E-state index in [0.717, 1.165) is 5.56 Å². The Balaban J connectivity index is 1.93. The molecule has 4 nitrogen and oxygen atoms in total. The van der Waals surface area contributed by atoms with Gasteiger partial charge in [0.15, 0.2) is 0 Å². The quantitative estimate of drug-likeness (QED) is 0.479. The van der Waals surface area contributed by atoms with Gasteiger partial charge in [-0.05, 0) is 42.8 Å². The zero-order valence-corrected chi connectivity index (χ0v) is 12.7. The van der Waals surface area contributed by atoms with Gasteiger partial charge < -0.3 is 9.47 Å². The lowest BCUT2D eigenvalue weighted by Gasteiger charge is -2.05. The van der Waals surface area contributed by atoms with Crippen molar-refractivity contribution in [3.8, 4) is 11.5 Å². The van der Waals surface area contributed by atoms with E-state index in [1.807, 2.05) is 30.3 Å². The van der Waals surface area contributed by atoms with Gasteiger partial charge in [0.05, 0.1) is 0 Å². The van der Waals surface area contributed by atoms with E-state index in [2.05, 4.69) is 6.58 Å². The van der Waals surface area contributed by atoms with Crippen LogP contribution >= 0.6 is 0 Å². The van der Waals surface area contributed by atoms with Crippen molar-refractivity contribution in [1.82, 2.24) is 0 Å². The third kappa shape index (κ3) is 5.28. The van der Waals surface area contributed by atoms with Crippen LogP contribution in [0.2, 0.25) is 0 Å². The molecule has 0 N–H and O–H groups in total. The lowest BCUT2D eigenvalue weighted by Crippen LogP contribution is -2.08. The topological polar surface area (TPSA) is 52.6 Å². The summed E-state index contributed by atoms with van der Waals surface area (Å²) in [6, 6.07) is 15.6. The van der Waals surface area contributed by atoms with Crippen molar-refractivity contribution in [3.63, 3.8) is 0 Å². The van der Waals surface area contributed by atoms with E-state index in [0.29, 0.717) is 17.1 Å². The highest BCUT2D eigenvalue weighted by Gasteiger charge is 2.06. The molecule has 116 valence electrons. The summed E-state index contributed by atoms with van der Waals surface area (Å²) in [6.45, 7) is 5.07. The first-order valence-corrected chi connectivity index (χ1v) is 6.97. The van der Waals surface area contributed by atoms with E-state index in [9.17, 15) is 9.59 Å². The number of ether oxygens (including phenoxy) is 2. The number of carbonyl (C=O) groups excluding carboxylic acids is 2. The van der Waals surface area contributed by atoms with E-state index in [4.69, 9.17) is 9.47 Å². The number of hydrogen-bond acceptors (Lipinski definition) is 4. The summed E-state index contributed by atoms with van der Waals surface area (Å²) in [4.78, 5) is 23.1. The van der Waals surface area contributed by atoms with Gasteiger partial charge in [-0.3, -0.25) is 0 Å². The molecule has 0 unspecified atom stereocenters. The van der Waals surface area contributed by atoms with Crippen LogP contribution in [0.4, 0.5) is 0 Å². The second-order valence-corrected chi connectivity index (χ2v) is 4.81. The molecule has 0 aliphatic heterocycles. The predicted molar refractivity (Wildman–Crippen MR) is 88.0 cm³/mol. The molecule has 0 spiro atoms. The van der Waals surface area contributed by atoms with Gasteiger partial charge in [-0.15, -0.1) is 0 Å². The molecule has 0 heterocycles. The Morgan fingerprint density at radius 3 is 2.04 bits per heavy atom. The van der Waals surface area contributed by atoms with E-state index in [1.165, 1.54) is 6.08 Å². The van der Waals surface area contributed by atoms with Crippen LogP contribution in [0.3, 0.4) is 0 Å². The van der Waals surface area contributed by atoms with Crippen molar-refractivity contribution in [3.05, 3.63) is 78.4 Å². The number of rotatable bonds is 5. The first-order chi connectivity index (χ1) is 11.0. The zero-order chi connectivity index (χ0) is 16.7. The van der Waals surface area contributed by atoms with E-state index >= 15 is 0 Å². The van der Waals surface area contributed by atoms with Crippen molar-refractivity contribution in [1.29, 1.82) is 0 Å². The van der Waals surface area contributed by atoms with Crippen LogP contribution in [-0.4, -0.2) is 11.9 Å². The van der Waals surface area contributed by atoms with Crippen LogP contribution in [0.5, 0.6) is 11.5 Å². The highest BCUT2D eigenvalue weighted by atomic mass is 16.5. The van der Waals surface area contributed by atoms with Gasteiger partial charge in [0, 0.05) is 11.6 Å². The molecular weight excluding hydrogens is 292 g/mol. The minimum absolute atomic E-state index is 0.312. The normalized spacial score (nSPS) is 10.3. The van der Waals surface area contributed by atoms with Gasteiger partial charge in [-0.2, -0.15) is 0 Å². The number of hydrogen-bond donors (Lipinski definition) is 0. The van der Waals surface area contributed by atoms with Crippen LogP contribution in [0.15, 0.2) is 72.8 Å². The highest BCUT2D eigenvalue weighted by Crippen LogP contribution is 2.18. The largest absolute Gasteiger partial charge is 0.423 e. The average molecular weight is 308 g/mol. The predicted octanol–water partition coefficient (Wildman–Crippen LogP) is 3.79. The maximum absolute atomic E-state index is 11.7. The van der Waals surface area contributed by atoms with Gasteiger partial charge in [-0.1, -0.05) is 36.9 Å². The van der Waals surface area contributed by atoms with E-state index < -0.39 is 11.9 Å². The van der Waals surface area contributed by atoms with Gasteiger partial charge in [0.25, 0.3) is 0 Å². The SMILES string of the molecule is C=C(C)C(=O)Oc1ccc(OC(=O)C=Cc2ccccc2)cc1. The third-order valence-corrected chi connectivity index (χ3v) is 2.81. The van der Waals surface area contributed by atoms with E-state index in [1.54, 1.807) is 37.3 Å². The summed E-state index contributed by atoms with van der Waals surface area (Å²) >= 11 is 0. The van der Waals surface area contributed by atoms with Crippen LogP contribution in [0.25, 0.3) is 6.08 Å². The smallest absolute Gasteiger partial charge is 0.338 e. The number of benzene rings is 2. The summed E-state index contributed by atoms with van der Waals surface area (Å²) in [7, 11) is 0. The monoisotopic (exact) mass is 308 g/mol. The third-order valence-electron chi connectivity index (χ3n) is 2.81. The molecule has 0 aromatic heterocycles. The second kappa shape index (κ2) is 7.75. The number of esters is 2. The Bertz CT molecular complexity index is 728. The standard InChI is InChI=1S/C19H16O4/c1-14(2)19(21)23-17-11-9-16(10-12-17)22-18(20)13-8-15-6-4-3-5-7-15/h3-13H,1H2,2H3. The molecule has 0 aliphatic carbocycles. The van der Waals surface area contributed by atoms with Gasteiger partial charge >= 0.3 is 11.9 Å². The van der Waals surface area contributed by atoms with Crippen LogP contribution in [0, 0.1) is 0 Å². The fraction of sp³-hybridized carbons (Fsp3) is 0.0526. The fourth-order valence-electron chi connectivity index (χ4n) is 1.65. The Morgan fingerprint density at radius 2 is 1.48 bits per heavy atom. The first-order valence-electron chi connectivity index (χ1n) is 6.97. The van der Waals surface area contributed by atoms with E-state index in [-0.39, 0.29) is 0 Å². The Hall–Kier alpha value is -3.14. The molecular formula is C19H16O4. The molecule has 0 atom stereocenters. The Morgan fingerprint density at radius 1 is 0.913 bits per heavy atom. The molecule has 0 saturated carbocycles. The zero-order valence-electron chi connectivity index (χ0n) is 12.7. The average Bonchev–Trinajstić information content (AvgIpc) is 2.55. The summed E-state index contributed by atoms with van der Waals surface area (Å²) in [5, 5.41) is 0. The maximum atomic E-state index is 11.7. The molecule has 0 amide bonds. The fourth-order valence-corrected chi connectivity index (χ4v) is 1.65. The van der Waals surface area contributed by atoms with Crippen molar-refractivity contribution in [2.24, 2.45) is 0 Å². The van der Waals surface area contributed by atoms with Crippen LogP contribution in [0.1, 0.15) is 12.5 Å². The van der Waals surface area contributed by atoms with Crippen LogP contribution in [-0.2, 0) is 9.59 Å². The van der Waals surface area contributed by atoms with Gasteiger partial charge in [0.1, 0.15) is 11.5 Å². The molecule has 2 aromatic rings. The minimum Gasteiger partial charge on any atom is -0.423 e. The highest BCUT2D eigenvalue weighted by molar-refractivity contribution is 5.89.